The molecule has 0 saturated heterocycles. The van der Waals surface area contributed by atoms with Crippen molar-refractivity contribution in [1.82, 2.24) is 4.37 Å². The molecule has 98 valence electrons. The lowest BCUT2D eigenvalue weighted by atomic mass is 10.1. The second-order valence-electron chi connectivity index (χ2n) is 4.28. The normalized spacial score (nSPS) is 10.2. The fraction of sp³-hybridized carbons (Fsp3) is 0. The molecule has 1 amide bonds. The van der Waals surface area contributed by atoms with Crippen molar-refractivity contribution >= 4 is 23.1 Å². The number of rotatable bonds is 3. The van der Waals surface area contributed by atoms with Crippen LogP contribution in [0.5, 0.6) is 0 Å². The molecule has 0 unspecified atom stereocenters. The fourth-order valence-corrected chi connectivity index (χ4v) is 2.42. The molecule has 3 rings (SSSR count). The lowest BCUT2D eigenvalue weighted by Crippen LogP contribution is -2.09. The van der Waals surface area contributed by atoms with Crippen LogP contribution in [0.25, 0.3) is 11.1 Å². The van der Waals surface area contributed by atoms with Gasteiger partial charge in [-0.3, -0.25) is 4.79 Å². The van der Waals surface area contributed by atoms with Crippen molar-refractivity contribution in [3.8, 4) is 11.1 Å². The van der Waals surface area contributed by atoms with Gasteiger partial charge in [0.25, 0.3) is 5.91 Å². The Morgan fingerprint density at radius 1 is 0.950 bits per heavy atom. The molecule has 0 atom stereocenters. The third-order valence-electron chi connectivity index (χ3n) is 2.89. The van der Waals surface area contributed by atoms with Crippen LogP contribution in [0.15, 0.2) is 66.9 Å². The fourth-order valence-electron chi connectivity index (χ4n) is 1.93. The molecule has 0 aliphatic carbocycles. The zero-order valence-corrected chi connectivity index (χ0v) is 11.4. The largest absolute Gasteiger partial charge is 0.321 e. The molecule has 3 aromatic rings. The molecule has 0 spiro atoms. The van der Waals surface area contributed by atoms with Crippen LogP contribution in [0, 0.1) is 0 Å². The van der Waals surface area contributed by atoms with Crippen LogP contribution in [0.4, 0.5) is 5.69 Å². The number of nitrogens with one attached hydrogen (secondary N) is 1. The first-order valence-electron chi connectivity index (χ1n) is 6.20. The van der Waals surface area contributed by atoms with Crippen LogP contribution >= 0.6 is 11.5 Å². The van der Waals surface area contributed by atoms with Gasteiger partial charge in [0.05, 0.1) is 0 Å². The second kappa shape index (κ2) is 5.67. The van der Waals surface area contributed by atoms with Gasteiger partial charge < -0.3 is 5.32 Å². The lowest BCUT2D eigenvalue weighted by Gasteiger charge is -2.06. The minimum Gasteiger partial charge on any atom is -0.321 e. The van der Waals surface area contributed by atoms with Gasteiger partial charge in [-0.25, -0.2) is 4.37 Å². The zero-order valence-electron chi connectivity index (χ0n) is 10.6. The maximum absolute atomic E-state index is 12.0. The number of carbonyl (C=O) groups excluding carboxylic acids is 1. The van der Waals surface area contributed by atoms with E-state index in [4.69, 9.17) is 0 Å². The second-order valence-corrected chi connectivity index (χ2v) is 5.11. The minimum atomic E-state index is -0.127. The highest BCUT2D eigenvalue weighted by atomic mass is 32.1. The third-order valence-corrected chi connectivity index (χ3v) is 3.63. The van der Waals surface area contributed by atoms with Crippen molar-refractivity contribution in [2.24, 2.45) is 0 Å². The first-order valence-corrected chi connectivity index (χ1v) is 6.98. The summed E-state index contributed by atoms with van der Waals surface area (Å²) in [5, 5.41) is 2.89. The van der Waals surface area contributed by atoms with Crippen molar-refractivity contribution in [3.63, 3.8) is 0 Å². The smallest absolute Gasteiger partial charge is 0.267 e. The quantitative estimate of drug-likeness (QED) is 0.786. The van der Waals surface area contributed by atoms with E-state index in [9.17, 15) is 4.79 Å². The molecule has 0 aliphatic heterocycles. The standard InChI is InChI=1S/C16H12N2OS/c19-16(15-9-10-17-20-15)18-14-8-4-7-13(11-14)12-5-2-1-3-6-12/h1-11H,(H,18,19). The number of aromatic nitrogens is 1. The van der Waals surface area contributed by atoms with Crippen molar-refractivity contribution in [3.05, 3.63) is 71.7 Å². The molecule has 0 aliphatic rings. The highest BCUT2D eigenvalue weighted by molar-refractivity contribution is 7.08. The van der Waals surface area contributed by atoms with E-state index in [0.717, 1.165) is 16.8 Å². The molecule has 0 radical (unpaired) electrons. The zero-order chi connectivity index (χ0) is 13.8. The molecule has 1 aromatic heterocycles. The van der Waals surface area contributed by atoms with Gasteiger partial charge in [0.2, 0.25) is 0 Å². The van der Waals surface area contributed by atoms with Gasteiger partial charge in [0.1, 0.15) is 4.88 Å². The summed E-state index contributed by atoms with van der Waals surface area (Å²) in [5.41, 5.74) is 2.99. The SMILES string of the molecule is O=C(Nc1cccc(-c2ccccc2)c1)c1ccns1. The van der Waals surface area contributed by atoms with Crippen molar-refractivity contribution < 1.29 is 4.79 Å². The third kappa shape index (κ3) is 2.75. The summed E-state index contributed by atoms with van der Waals surface area (Å²) in [6, 6.07) is 19.6. The van der Waals surface area contributed by atoms with Gasteiger partial charge in [-0.15, -0.1) is 0 Å². The lowest BCUT2D eigenvalue weighted by molar-refractivity contribution is 0.103. The Bertz CT molecular complexity index is 708. The molecule has 0 fully saturated rings. The Kier molecular flexibility index (Phi) is 3.56. The van der Waals surface area contributed by atoms with E-state index in [1.54, 1.807) is 12.3 Å². The van der Waals surface area contributed by atoms with Gasteiger partial charge in [-0.1, -0.05) is 42.5 Å². The maximum atomic E-state index is 12.0. The molecule has 3 nitrogen and oxygen atoms in total. The van der Waals surface area contributed by atoms with E-state index in [1.807, 2.05) is 54.6 Å². The predicted molar refractivity (Wildman–Crippen MR) is 81.9 cm³/mol. The van der Waals surface area contributed by atoms with Gasteiger partial charge in [-0.2, -0.15) is 0 Å². The molecular formula is C16H12N2OS. The van der Waals surface area contributed by atoms with Crippen LogP contribution in [0.1, 0.15) is 9.67 Å². The Labute approximate surface area is 121 Å². The summed E-state index contributed by atoms with van der Waals surface area (Å²) < 4.78 is 3.93. The molecule has 1 heterocycles. The monoisotopic (exact) mass is 280 g/mol. The molecule has 2 aromatic carbocycles. The molecular weight excluding hydrogens is 268 g/mol. The number of benzene rings is 2. The highest BCUT2D eigenvalue weighted by Crippen LogP contribution is 2.22. The van der Waals surface area contributed by atoms with E-state index in [-0.39, 0.29) is 5.91 Å². The molecule has 20 heavy (non-hydrogen) atoms. The maximum Gasteiger partial charge on any atom is 0.267 e. The number of hydrogen-bond acceptors (Lipinski definition) is 3. The molecule has 0 bridgehead atoms. The molecule has 4 heteroatoms. The molecule has 1 N–H and O–H groups in total. The first kappa shape index (κ1) is 12.6. The topological polar surface area (TPSA) is 42.0 Å². The number of carbonyl (C=O) groups is 1. The summed E-state index contributed by atoms with van der Waals surface area (Å²) in [6.45, 7) is 0. The van der Waals surface area contributed by atoms with E-state index in [1.165, 1.54) is 11.5 Å². The van der Waals surface area contributed by atoms with E-state index < -0.39 is 0 Å². The summed E-state index contributed by atoms with van der Waals surface area (Å²) >= 11 is 1.19. The van der Waals surface area contributed by atoms with Gasteiger partial charge in [-0.05, 0) is 40.9 Å². The average molecular weight is 280 g/mol. The van der Waals surface area contributed by atoms with E-state index in [0.29, 0.717) is 4.88 Å². The summed E-state index contributed by atoms with van der Waals surface area (Å²) in [7, 11) is 0. The number of hydrogen-bond donors (Lipinski definition) is 1. The van der Waals surface area contributed by atoms with Crippen LogP contribution in [-0.2, 0) is 0 Å². The van der Waals surface area contributed by atoms with E-state index >= 15 is 0 Å². The Hall–Kier alpha value is -2.46. The number of anilines is 1. The van der Waals surface area contributed by atoms with Crippen molar-refractivity contribution in [1.29, 1.82) is 0 Å². The van der Waals surface area contributed by atoms with Crippen LogP contribution in [0.2, 0.25) is 0 Å². The van der Waals surface area contributed by atoms with Gasteiger partial charge >= 0.3 is 0 Å². The Balaban J connectivity index is 1.83. The Morgan fingerprint density at radius 3 is 2.50 bits per heavy atom. The minimum absolute atomic E-state index is 0.127. The van der Waals surface area contributed by atoms with E-state index in [2.05, 4.69) is 9.69 Å². The summed E-state index contributed by atoms with van der Waals surface area (Å²) in [4.78, 5) is 12.6. The summed E-state index contributed by atoms with van der Waals surface area (Å²) in [5.74, 6) is -0.127. The van der Waals surface area contributed by atoms with Gasteiger partial charge in [0.15, 0.2) is 0 Å². The van der Waals surface area contributed by atoms with Crippen LogP contribution < -0.4 is 5.32 Å². The highest BCUT2D eigenvalue weighted by Gasteiger charge is 2.08. The van der Waals surface area contributed by atoms with Crippen LogP contribution in [-0.4, -0.2) is 10.3 Å². The van der Waals surface area contributed by atoms with Crippen molar-refractivity contribution in [2.45, 2.75) is 0 Å². The number of nitrogens with zero attached hydrogens (tertiary/aromatic N) is 1. The Morgan fingerprint density at radius 2 is 1.75 bits per heavy atom. The molecule has 0 saturated carbocycles. The van der Waals surface area contributed by atoms with Gasteiger partial charge in [0, 0.05) is 11.9 Å². The average Bonchev–Trinajstić information content (AvgIpc) is 3.03. The first-order chi connectivity index (χ1) is 9.83. The summed E-state index contributed by atoms with van der Waals surface area (Å²) in [6.07, 6.45) is 1.62. The predicted octanol–water partition coefficient (Wildman–Crippen LogP) is 4.06. The van der Waals surface area contributed by atoms with Crippen molar-refractivity contribution in [2.75, 3.05) is 5.32 Å². The number of amides is 1. The van der Waals surface area contributed by atoms with Crippen LogP contribution in [0.3, 0.4) is 0 Å².